The second-order valence-electron chi connectivity index (χ2n) is 4.46. The van der Waals surface area contributed by atoms with Gasteiger partial charge in [-0.1, -0.05) is 30.0 Å². The first kappa shape index (κ1) is 13.1. The summed E-state index contributed by atoms with van der Waals surface area (Å²) in [4.78, 5) is 9.99. The molecule has 0 saturated heterocycles. The van der Waals surface area contributed by atoms with Crippen molar-refractivity contribution in [1.29, 1.82) is 0 Å². The van der Waals surface area contributed by atoms with Gasteiger partial charge in [-0.05, 0) is 36.9 Å². The Hall–Kier alpha value is -1.91. The number of para-hydroxylation sites is 1. The number of hydrogen-bond donors (Lipinski definition) is 1. The third-order valence-electron chi connectivity index (χ3n) is 2.99. The van der Waals surface area contributed by atoms with Crippen molar-refractivity contribution in [2.45, 2.75) is 16.5 Å². The standard InChI is InChI=1S/C16H15N3S/c1-17-11-13-10-12-4-2-3-5-15(12)19-16(13)20-14-6-8-18-9-7-14/h2-10,17H,11H2,1H3. The van der Waals surface area contributed by atoms with Crippen molar-refractivity contribution < 1.29 is 0 Å². The first-order chi connectivity index (χ1) is 9.86. The number of pyridine rings is 2. The SMILES string of the molecule is CNCc1cc2ccccc2nc1Sc1ccncc1. The van der Waals surface area contributed by atoms with Crippen LogP contribution in [0.4, 0.5) is 0 Å². The van der Waals surface area contributed by atoms with E-state index in [0.717, 1.165) is 22.0 Å². The number of nitrogens with zero attached hydrogens (tertiary/aromatic N) is 2. The van der Waals surface area contributed by atoms with Crippen molar-refractivity contribution in [2.24, 2.45) is 0 Å². The van der Waals surface area contributed by atoms with Gasteiger partial charge >= 0.3 is 0 Å². The summed E-state index contributed by atoms with van der Waals surface area (Å²) < 4.78 is 0. The van der Waals surface area contributed by atoms with Gasteiger partial charge in [0.05, 0.1) is 5.52 Å². The quantitative estimate of drug-likeness (QED) is 0.794. The molecule has 20 heavy (non-hydrogen) atoms. The summed E-state index contributed by atoms with van der Waals surface area (Å²) in [7, 11) is 1.95. The normalized spacial score (nSPS) is 10.8. The lowest BCUT2D eigenvalue weighted by Crippen LogP contribution is -2.07. The van der Waals surface area contributed by atoms with E-state index in [4.69, 9.17) is 4.98 Å². The molecule has 3 aromatic rings. The summed E-state index contributed by atoms with van der Waals surface area (Å²) in [6.45, 7) is 0.811. The van der Waals surface area contributed by atoms with Crippen molar-refractivity contribution in [2.75, 3.05) is 7.05 Å². The van der Waals surface area contributed by atoms with Crippen LogP contribution >= 0.6 is 11.8 Å². The number of benzene rings is 1. The van der Waals surface area contributed by atoms with Crippen LogP contribution in [0, 0.1) is 0 Å². The molecular formula is C16H15N3S. The topological polar surface area (TPSA) is 37.8 Å². The van der Waals surface area contributed by atoms with E-state index in [0.29, 0.717) is 0 Å². The third-order valence-corrected chi connectivity index (χ3v) is 4.05. The highest BCUT2D eigenvalue weighted by atomic mass is 32.2. The molecule has 3 nitrogen and oxygen atoms in total. The van der Waals surface area contributed by atoms with Crippen molar-refractivity contribution in [3.63, 3.8) is 0 Å². The van der Waals surface area contributed by atoms with Crippen LogP contribution < -0.4 is 5.32 Å². The minimum absolute atomic E-state index is 0.811. The Bertz CT molecular complexity index is 713. The largest absolute Gasteiger partial charge is 0.316 e. The Morgan fingerprint density at radius 1 is 1.10 bits per heavy atom. The van der Waals surface area contributed by atoms with Gasteiger partial charge in [-0.15, -0.1) is 0 Å². The van der Waals surface area contributed by atoms with E-state index in [9.17, 15) is 0 Å². The van der Waals surface area contributed by atoms with Crippen molar-refractivity contribution in [3.8, 4) is 0 Å². The Kier molecular flexibility index (Phi) is 3.95. The average Bonchev–Trinajstić information content (AvgIpc) is 2.49. The van der Waals surface area contributed by atoms with Crippen molar-refractivity contribution in [3.05, 3.63) is 60.4 Å². The van der Waals surface area contributed by atoms with E-state index in [1.54, 1.807) is 24.2 Å². The molecule has 0 amide bonds. The molecule has 3 rings (SSSR count). The van der Waals surface area contributed by atoms with Crippen LogP contribution in [0.5, 0.6) is 0 Å². The van der Waals surface area contributed by atoms with Gasteiger partial charge in [0.25, 0.3) is 0 Å². The maximum Gasteiger partial charge on any atom is 0.106 e. The zero-order chi connectivity index (χ0) is 13.8. The molecule has 2 aromatic heterocycles. The minimum Gasteiger partial charge on any atom is -0.316 e. The van der Waals surface area contributed by atoms with Gasteiger partial charge in [-0.2, -0.15) is 0 Å². The summed E-state index contributed by atoms with van der Waals surface area (Å²) in [5.41, 5.74) is 2.25. The van der Waals surface area contributed by atoms with Crippen LogP contribution in [0.15, 0.2) is 64.8 Å². The highest BCUT2D eigenvalue weighted by molar-refractivity contribution is 7.99. The van der Waals surface area contributed by atoms with Gasteiger partial charge in [0, 0.05) is 29.2 Å². The molecule has 4 heteroatoms. The van der Waals surface area contributed by atoms with E-state index in [2.05, 4.69) is 28.5 Å². The third kappa shape index (κ3) is 2.81. The van der Waals surface area contributed by atoms with Gasteiger partial charge in [0.1, 0.15) is 5.03 Å². The number of hydrogen-bond acceptors (Lipinski definition) is 4. The fraction of sp³-hybridized carbons (Fsp3) is 0.125. The van der Waals surface area contributed by atoms with Gasteiger partial charge in [0.2, 0.25) is 0 Å². The number of rotatable bonds is 4. The number of fused-ring (bicyclic) bond motifs is 1. The maximum absolute atomic E-state index is 4.79. The van der Waals surface area contributed by atoms with E-state index in [1.165, 1.54) is 10.9 Å². The molecule has 1 N–H and O–H groups in total. The first-order valence-corrected chi connectivity index (χ1v) is 7.29. The van der Waals surface area contributed by atoms with Crippen LogP contribution in [-0.2, 0) is 6.54 Å². The summed E-state index contributed by atoms with van der Waals surface area (Å²) in [5, 5.41) is 5.43. The average molecular weight is 281 g/mol. The predicted octanol–water partition coefficient (Wildman–Crippen LogP) is 3.50. The monoisotopic (exact) mass is 281 g/mol. The minimum atomic E-state index is 0.811. The Morgan fingerprint density at radius 3 is 2.70 bits per heavy atom. The summed E-state index contributed by atoms with van der Waals surface area (Å²) in [6.07, 6.45) is 3.61. The molecule has 2 heterocycles. The van der Waals surface area contributed by atoms with Gasteiger partial charge < -0.3 is 5.32 Å². The van der Waals surface area contributed by atoms with Crippen molar-refractivity contribution in [1.82, 2.24) is 15.3 Å². The van der Waals surface area contributed by atoms with Crippen LogP contribution in [0.2, 0.25) is 0 Å². The Morgan fingerprint density at radius 2 is 1.90 bits per heavy atom. The molecule has 0 fully saturated rings. The van der Waals surface area contributed by atoms with Crippen LogP contribution in [0.3, 0.4) is 0 Å². The van der Waals surface area contributed by atoms with Crippen LogP contribution in [0.1, 0.15) is 5.56 Å². The van der Waals surface area contributed by atoms with Gasteiger partial charge in [-0.3, -0.25) is 4.98 Å². The van der Waals surface area contributed by atoms with Gasteiger partial charge in [0.15, 0.2) is 0 Å². The zero-order valence-electron chi connectivity index (χ0n) is 11.2. The van der Waals surface area contributed by atoms with Crippen molar-refractivity contribution >= 4 is 22.7 Å². The molecule has 0 bridgehead atoms. The lowest BCUT2D eigenvalue weighted by molar-refractivity contribution is 0.794. The lowest BCUT2D eigenvalue weighted by Gasteiger charge is -2.10. The molecule has 0 saturated carbocycles. The fourth-order valence-corrected chi connectivity index (χ4v) is 2.95. The second-order valence-corrected chi connectivity index (χ2v) is 5.52. The highest BCUT2D eigenvalue weighted by Gasteiger charge is 2.08. The Balaban J connectivity index is 2.05. The van der Waals surface area contributed by atoms with Gasteiger partial charge in [-0.25, -0.2) is 4.98 Å². The molecule has 0 spiro atoms. The van der Waals surface area contributed by atoms with E-state index >= 15 is 0 Å². The summed E-state index contributed by atoms with van der Waals surface area (Å²) in [5.74, 6) is 0. The molecule has 0 aliphatic heterocycles. The number of nitrogens with one attached hydrogen (secondary N) is 1. The summed E-state index contributed by atoms with van der Waals surface area (Å²) >= 11 is 1.68. The zero-order valence-corrected chi connectivity index (χ0v) is 12.0. The molecule has 1 aromatic carbocycles. The van der Waals surface area contributed by atoms with E-state index in [-0.39, 0.29) is 0 Å². The molecule has 0 aliphatic carbocycles. The maximum atomic E-state index is 4.79. The summed E-state index contributed by atoms with van der Waals surface area (Å²) in [6, 6.07) is 14.4. The number of aromatic nitrogens is 2. The lowest BCUT2D eigenvalue weighted by atomic mass is 10.1. The van der Waals surface area contributed by atoms with E-state index in [1.807, 2.05) is 31.3 Å². The molecule has 0 atom stereocenters. The molecule has 100 valence electrons. The molecular weight excluding hydrogens is 266 g/mol. The van der Waals surface area contributed by atoms with Crippen LogP contribution in [0.25, 0.3) is 10.9 Å². The smallest absolute Gasteiger partial charge is 0.106 e. The molecule has 0 unspecified atom stereocenters. The highest BCUT2D eigenvalue weighted by Crippen LogP contribution is 2.30. The molecule has 0 radical (unpaired) electrons. The predicted molar refractivity (Wildman–Crippen MR) is 82.9 cm³/mol. The first-order valence-electron chi connectivity index (χ1n) is 6.48. The fourth-order valence-electron chi connectivity index (χ4n) is 2.07. The molecule has 0 aliphatic rings. The van der Waals surface area contributed by atoms with E-state index < -0.39 is 0 Å². The second kappa shape index (κ2) is 6.03. The van der Waals surface area contributed by atoms with Crippen LogP contribution in [-0.4, -0.2) is 17.0 Å². The Labute approximate surface area is 122 Å².